The van der Waals surface area contributed by atoms with Gasteiger partial charge in [-0.25, -0.2) is 9.59 Å². The Balaban J connectivity index is 2.12. The average molecular weight is 327 g/mol. The van der Waals surface area contributed by atoms with Gasteiger partial charge in [-0.15, -0.1) is 0 Å². The Hall–Kier alpha value is -2.27. The summed E-state index contributed by atoms with van der Waals surface area (Å²) >= 11 is 0. The summed E-state index contributed by atoms with van der Waals surface area (Å²) in [7, 11) is 0. The van der Waals surface area contributed by atoms with E-state index in [1.165, 1.54) is 18.3 Å². The molecule has 2 heterocycles. The van der Waals surface area contributed by atoms with E-state index in [9.17, 15) is 24.9 Å². The summed E-state index contributed by atoms with van der Waals surface area (Å²) < 4.78 is 10.8. The Kier molecular flexibility index (Phi) is 5.45. The number of aliphatic hydroxyl groups is 3. The number of carbonyl (C=O) groups is 1. The highest BCUT2D eigenvalue weighted by Gasteiger charge is 2.39. The zero-order valence-corrected chi connectivity index (χ0v) is 12.0. The molecule has 0 aromatic carbocycles. The molecule has 10 heteroatoms. The molecule has 0 radical (unpaired) electrons. The van der Waals surface area contributed by atoms with E-state index < -0.39 is 36.3 Å². The van der Waals surface area contributed by atoms with E-state index in [0.717, 1.165) is 4.57 Å². The normalized spacial score (nSPS) is 27.3. The fraction of sp³-hybridized carbons (Fsp3) is 0.462. The minimum atomic E-state index is -1.50. The van der Waals surface area contributed by atoms with Gasteiger partial charge < -0.3 is 24.8 Å². The molecule has 1 fully saturated rings. The Morgan fingerprint density at radius 2 is 2.26 bits per heavy atom. The van der Waals surface area contributed by atoms with E-state index in [1.807, 2.05) is 0 Å². The summed E-state index contributed by atoms with van der Waals surface area (Å²) in [6.45, 7) is 3.14. The SMILES string of the molecule is C=CCOC(=O)Nc1ccn(C2OC[C@@H](O)[C@@H](O)[C@@H]2O)c(=O)n1. The summed E-state index contributed by atoms with van der Waals surface area (Å²) in [6, 6.07) is 1.30. The quantitative estimate of drug-likeness (QED) is 0.494. The molecule has 0 aliphatic carbocycles. The van der Waals surface area contributed by atoms with Crippen molar-refractivity contribution in [1.82, 2.24) is 9.55 Å². The number of hydrogen-bond acceptors (Lipinski definition) is 8. The maximum atomic E-state index is 12.0. The zero-order valence-electron chi connectivity index (χ0n) is 12.0. The van der Waals surface area contributed by atoms with Crippen molar-refractivity contribution >= 4 is 11.9 Å². The van der Waals surface area contributed by atoms with Gasteiger partial charge in [0.2, 0.25) is 0 Å². The van der Waals surface area contributed by atoms with Crippen molar-refractivity contribution < 1.29 is 29.6 Å². The van der Waals surface area contributed by atoms with Crippen LogP contribution in [0.25, 0.3) is 0 Å². The Morgan fingerprint density at radius 3 is 2.91 bits per heavy atom. The van der Waals surface area contributed by atoms with Crippen LogP contribution < -0.4 is 11.0 Å². The van der Waals surface area contributed by atoms with E-state index in [1.54, 1.807) is 0 Å². The van der Waals surface area contributed by atoms with Gasteiger partial charge in [-0.2, -0.15) is 4.98 Å². The number of nitrogens with zero attached hydrogens (tertiary/aromatic N) is 2. The van der Waals surface area contributed by atoms with Gasteiger partial charge in [-0.1, -0.05) is 12.7 Å². The largest absolute Gasteiger partial charge is 0.445 e. The van der Waals surface area contributed by atoms with Crippen LogP contribution in [0.3, 0.4) is 0 Å². The number of anilines is 1. The molecule has 126 valence electrons. The van der Waals surface area contributed by atoms with Gasteiger partial charge in [-0.3, -0.25) is 9.88 Å². The third kappa shape index (κ3) is 3.93. The van der Waals surface area contributed by atoms with Crippen LogP contribution in [-0.2, 0) is 9.47 Å². The minimum Gasteiger partial charge on any atom is -0.445 e. The molecule has 23 heavy (non-hydrogen) atoms. The summed E-state index contributed by atoms with van der Waals surface area (Å²) in [6.07, 6.45) is -3.59. The third-order valence-corrected chi connectivity index (χ3v) is 3.14. The lowest BCUT2D eigenvalue weighted by molar-refractivity contribution is -0.212. The van der Waals surface area contributed by atoms with Crippen LogP contribution in [0.1, 0.15) is 6.23 Å². The lowest BCUT2D eigenvalue weighted by atomic mass is 10.0. The summed E-state index contributed by atoms with van der Waals surface area (Å²) in [5.74, 6) is -0.0498. The molecule has 1 aliphatic rings. The number of aliphatic hydroxyl groups excluding tert-OH is 3. The number of carbonyl (C=O) groups excluding carboxylic acids is 1. The lowest BCUT2D eigenvalue weighted by Crippen LogP contribution is -2.52. The van der Waals surface area contributed by atoms with Crippen molar-refractivity contribution in [1.29, 1.82) is 0 Å². The first kappa shape index (κ1) is 17.1. The molecule has 0 bridgehead atoms. The summed E-state index contributed by atoms with van der Waals surface area (Å²) in [5.41, 5.74) is -0.820. The first-order chi connectivity index (χ1) is 10.9. The molecule has 10 nitrogen and oxygen atoms in total. The number of nitrogens with one attached hydrogen (secondary N) is 1. The highest BCUT2D eigenvalue weighted by molar-refractivity contribution is 5.83. The maximum Gasteiger partial charge on any atom is 0.413 e. The molecule has 1 saturated heterocycles. The van der Waals surface area contributed by atoms with Gasteiger partial charge in [-0.05, 0) is 6.07 Å². The van der Waals surface area contributed by atoms with Crippen molar-refractivity contribution in [2.24, 2.45) is 0 Å². The fourth-order valence-corrected chi connectivity index (χ4v) is 1.99. The second kappa shape index (κ2) is 7.33. The van der Waals surface area contributed by atoms with Crippen molar-refractivity contribution in [2.75, 3.05) is 18.5 Å². The van der Waals surface area contributed by atoms with Crippen molar-refractivity contribution in [3.63, 3.8) is 0 Å². The second-order valence-electron chi connectivity index (χ2n) is 4.79. The molecule has 4 N–H and O–H groups in total. The van der Waals surface area contributed by atoms with Gasteiger partial charge in [0.15, 0.2) is 6.23 Å². The first-order valence-corrected chi connectivity index (χ1v) is 6.73. The lowest BCUT2D eigenvalue weighted by Gasteiger charge is -2.35. The van der Waals surface area contributed by atoms with Gasteiger partial charge in [0.25, 0.3) is 0 Å². The highest BCUT2D eigenvalue weighted by Crippen LogP contribution is 2.22. The molecular weight excluding hydrogens is 310 g/mol. The predicted molar refractivity (Wildman–Crippen MR) is 76.7 cm³/mol. The monoisotopic (exact) mass is 327 g/mol. The Bertz CT molecular complexity index is 632. The van der Waals surface area contributed by atoms with Crippen LogP contribution in [-0.4, -0.2) is 62.5 Å². The Morgan fingerprint density at radius 1 is 1.52 bits per heavy atom. The van der Waals surface area contributed by atoms with Gasteiger partial charge >= 0.3 is 11.8 Å². The summed E-state index contributed by atoms with van der Waals surface area (Å²) in [5, 5.41) is 31.1. The van der Waals surface area contributed by atoms with Gasteiger partial charge in [0.1, 0.15) is 30.7 Å². The highest BCUT2D eigenvalue weighted by atomic mass is 16.5. The smallest absolute Gasteiger partial charge is 0.413 e. The van der Waals surface area contributed by atoms with Crippen LogP contribution in [0.4, 0.5) is 10.6 Å². The van der Waals surface area contributed by atoms with E-state index in [0.29, 0.717) is 0 Å². The van der Waals surface area contributed by atoms with Crippen LogP contribution in [0, 0.1) is 0 Å². The number of amides is 1. The summed E-state index contributed by atoms with van der Waals surface area (Å²) in [4.78, 5) is 26.9. The average Bonchev–Trinajstić information content (AvgIpc) is 2.52. The Labute approximate surface area is 130 Å². The van der Waals surface area contributed by atoms with E-state index in [4.69, 9.17) is 4.74 Å². The maximum absolute atomic E-state index is 12.0. The standard InChI is InChI=1S/C13H17N3O7/c1-2-5-22-13(21)15-8-3-4-16(12(20)14-8)11-10(19)9(18)7(17)6-23-11/h2-4,7,9-11,17-19H,1,5-6H2,(H,14,15,20,21)/t7-,9-,10+,11?/m1/s1. The molecule has 0 saturated carbocycles. The molecule has 4 atom stereocenters. The second-order valence-corrected chi connectivity index (χ2v) is 4.79. The van der Waals surface area contributed by atoms with E-state index in [-0.39, 0.29) is 19.0 Å². The fourth-order valence-electron chi connectivity index (χ4n) is 1.99. The molecule has 1 aliphatic heterocycles. The number of hydrogen-bond donors (Lipinski definition) is 4. The molecular formula is C13H17N3O7. The van der Waals surface area contributed by atoms with E-state index >= 15 is 0 Å². The van der Waals surface area contributed by atoms with Gasteiger partial charge in [0, 0.05) is 6.20 Å². The topological polar surface area (TPSA) is 143 Å². The molecule has 1 aromatic heterocycles. The number of rotatable bonds is 4. The minimum absolute atomic E-state index is 0.00518. The first-order valence-electron chi connectivity index (χ1n) is 6.73. The predicted octanol–water partition coefficient (Wildman–Crippen LogP) is -1.41. The molecule has 1 aromatic rings. The molecule has 2 rings (SSSR count). The van der Waals surface area contributed by atoms with Crippen LogP contribution >= 0.6 is 0 Å². The third-order valence-electron chi connectivity index (χ3n) is 3.14. The van der Waals surface area contributed by atoms with Crippen molar-refractivity contribution in [2.45, 2.75) is 24.5 Å². The molecule has 1 amide bonds. The molecule has 0 spiro atoms. The number of aromatic nitrogens is 2. The molecule has 1 unspecified atom stereocenters. The van der Waals surface area contributed by atoms with Crippen molar-refractivity contribution in [3.8, 4) is 0 Å². The van der Waals surface area contributed by atoms with Gasteiger partial charge in [0.05, 0.1) is 6.61 Å². The van der Waals surface area contributed by atoms with Crippen LogP contribution in [0.5, 0.6) is 0 Å². The van der Waals surface area contributed by atoms with Crippen molar-refractivity contribution in [3.05, 3.63) is 35.4 Å². The zero-order chi connectivity index (χ0) is 17.0. The van der Waals surface area contributed by atoms with Crippen LogP contribution in [0.15, 0.2) is 29.7 Å². The van der Waals surface area contributed by atoms with E-state index in [2.05, 4.69) is 21.6 Å². The number of ether oxygens (including phenoxy) is 2. The van der Waals surface area contributed by atoms with Crippen LogP contribution in [0.2, 0.25) is 0 Å².